The molecular formula is C18H20N8O3. The van der Waals surface area contributed by atoms with Gasteiger partial charge in [0.15, 0.2) is 28.8 Å². The third kappa shape index (κ3) is 3.37. The zero-order chi connectivity index (χ0) is 20.4. The first-order chi connectivity index (χ1) is 14.1. The summed E-state index contributed by atoms with van der Waals surface area (Å²) in [5, 5.41) is 21.4. The molecule has 0 bridgehead atoms. The first-order valence-corrected chi connectivity index (χ1v) is 8.91. The quantitative estimate of drug-likeness (QED) is 0.582. The molecule has 0 fully saturated rings. The number of benzene rings is 1. The predicted octanol–water partition coefficient (Wildman–Crippen LogP) is 1.19. The molecule has 0 spiro atoms. The van der Waals surface area contributed by atoms with Gasteiger partial charge in [0.1, 0.15) is 18.6 Å². The number of ether oxygens (including phenoxy) is 2. The van der Waals surface area contributed by atoms with Crippen LogP contribution in [0.2, 0.25) is 0 Å². The monoisotopic (exact) mass is 396 g/mol. The summed E-state index contributed by atoms with van der Waals surface area (Å²) in [5.41, 5.74) is 1.81. The molecule has 0 saturated heterocycles. The van der Waals surface area contributed by atoms with E-state index in [0.717, 1.165) is 0 Å². The van der Waals surface area contributed by atoms with Crippen LogP contribution in [0.25, 0.3) is 11.4 Å². The van der Waals surface area contributed by atoms with Crippen LogP contribution in [0.15, 0.2) is 24.5 Å². The van der Waals surface area contributed by atoms with E-state index in [2.05, 4.69) is 36.2 Å². The van der Waals surface area contributed by atoms with Gasteiger partial charge in [0.2, 0.25) is 0 Å². The van der Waals surface area contributed by atoms with Gasteiger partial charge in [0.25, 0.3) is 5.91 Å². The standard InChI is InChI=1S/C18H20N8O3/c1-19-18(27)13-12(15-17(24-23-13)20-7-8-29-15)22-11-6-4-5-10(14(11)28-3)16-21-9-26(2)25-16/h4-6,9H,7-8H2,1-3H3,(H,19,27)(H2,20,22,24). The summed E-state index contributed by atoms with van der Waals surface area (Å²) < 4.78 is 13.0. The van der Waals surface area contributed by atoms with Crippen molar-refractivity contribution in [2.24, 2.45) is 7.05 Å². The van der Waals surface area contributed by atoms with Crippen molar-refractivity contribution < 1.29 is 14.3 Å². The largest absolute Gasteiger partial charge is 0.494 e. The molecule has 29 heavy (non-hydrogen) atoms. The Hall–Kier alpha value is -3.89. The molecule has 0 aliphatic carbocycles. The molecule has 11 nitrogen and oxygen atoms in total. The maximum atomic E-state index is 12.4. The van der Waals surface area contributed by atoms with Crippen LogP contribution in [0.5, 0.6) is 11.5 Å². The number of amides is 1. The summed E-state index contributed by atoms with van der Waals surface area (Å²) in [5.74, 6) is 1.54. The van der Waals surface area contributed by atoms with E-state index in [1.165, 1.54) is 7.05 Å². The smallest absolute Gasteiger partial charge is 0.273 e. The summed E-state index contributed by atoms with van der Waals surface area (Å²) in [6, 6.07) is 5.52. The predicted molar refractivity (Wildman–Crippen MR) is 106 cm³/mol. The summed E-state index contributed by atoms with van der Waals surface area (Å²) in [6.07, 6.45) is 1.61. The Morgan fingerprint density at radius 3 is 2.93 bits per heavy atom. The number of nitrogens with one attached hydrogen (secondary N) is 3. The first kappa shape index (κ1) is 18.5. The highest BCUT2D eigenvalue weighted by Crippen LogP contribution is 2.41. The van der Waals surface area contributed by atoms with Gasteiger partial charge >= 0.3 is 0 Å². The number of hydrogen-bond acceptors (Lipinski definition) is 9. The highest BCUT2D eigenvalue weighted by Gasteiger charge is 2.26. The average molecular weight is 396 g/mol. The molecule has 1 aliphatic rings. The van der Waals surface area contributed by atoms with Crippen LogP contribution < -0.4 is 25.4 Å². The molecule has 3 aromatic rings. The fraction of sp³-hybridized carbons (Fsp3) is 0.278. The van der Waals surface area contributed by atoms with Crippen molar-refractivity contribution in [1.29, 1.82) is 0 Å². The normalized spacial score (nSPS) is 12.4. The molecular weight excluding hydrogens is 376 g/mol. The lowest BCUT2D eigenvalue weighted by molar-refractivity contribution is 0.0957. The van der Waals surface area contributed by atoms with Gasteiger partial charge in [-0.15, -0.1) is 10.2 Å². The number of methoxy groups -OCH3 is 1. The number of aryl methyl sites for hydroxylation is 1. The summed E-state index contributed by atoms with van der Waals surface area (Å²) >= 11 is 0. The van der Waals surface area contributed by atoms with Gasteiger partial charge < -0.3 is 25.4 Å². The van der Waals surface area contributed by atoms with Gasteiger partial charge in [-0.2, -0.15) is 5.10 Å². The summed E-state index contributed by atoms with van der Waals surface area (Å²) in [7, 11) is 4.88. The topological polar surface area (TPSA) is 128 Å². The first-order valence-electron chi connectivity index (χ1n) is 8.91. The molecule has 1 amide bonds. The second-order valence-electron chi connectivity index (χ2n) is 6.21. The minimum Gasteiger partial charge on any atom is -0.494 e. The number of carbonyl (C=O) groups is 1. The molecule has 4 rings (SSSR count). The van der Waals surface area contributed by atoms with Gasteiger partial charge in [-0.05, 0) is 12.1 Å². The Morgan fingerprint density at radius 2 is 2.21 bits per heavy atom. The van der Waals surface area contributed by atoms with Crippen molar-refractivity contribution in [2.45, 2.75) is 0 Å². The van der Waals surface area contributed by atoms with Gasteiger partial charge in [0.05, 0.1) is 24.9 Å². The van der Waals surface area contributed by atoms with Crippen molar-refractivity contribution in [3.63, 3.8) is 0 Å². The van der Waals surface area contributed by atoms with Crippen LogP contribution in [0, 0.1) is 0 Å². The fourth-order valence-electron chi connectivity index (χ4n) is 3.02. The molecule has 2 aromatic heterocycles. The van der Waals surface area contributed by atoms with E-state index in [4.69, 9.17) is 9.47 Å². The number of hydrogen-bond donors (Lipinski definition) is 3. The van der Waals surface area contributed by atoms with Crippen molar-refractivity contribution in [3.8, 4) is 22.9 Å². The average Bonchev–Trinajstić information content (AvgIpc) is 3.19. The van der Waals surface area contributed by atoms with E-state index < -0.39 is 5.91 Å². The molecule has 3 heterocycles. The lowest BCUT2D eigenvalue weighted by Gasteiger charge is -2.23. The molecule has 0 saturated carbocycles. The fourth-order valence-corrected chi connectivity index (χ4v) is 3.02. The molecule has 0 unspecified atom stereocenters. The molecule has 11 heteroatoms. The minimum atomic E-state index is -0.390. The summed E-state index contributed by atoms with van der Waals surface area (Å²) in [4.78, 5) is 16.7. The van der Waals surface area contributed by atoms with Gasteiger partial charge in [-0.25, -0.2) is 4.98 Å². The molecule has 150 valence electrons. The highest BCUT2D eigenvalue weighted by atomic mass is 16.5. The Balaban J connectivity index is 1.83. The third-order valence-corrected chi connectivity index (χ3v) is 4.33. The lowest BCUT2D eigenvalue weighted by atomic mass is 10.1. The third-order valence-electron chi connectivity index (χ3n) is 4.33. The molecule has 1 aromatic carbocycles. The van der Waals surface area contributed by atoms with E-state index in [1.54, 1.807) is 25.2 Å². The van der Waals surface area contributed by atoms with Crippen LogP contribution in [0.3, 0.4) is 0 Å². The van der Waals surface area contributed by atoms with E-state index in [-0.39, 0.29) is 5.69 Å². The number of nitrogens with zero attached hydrogens (tertiary/aromatic N) is 5. The van der Waals surface area contributed by atoms with Crippen molar-refractivity contribution >= 4 is 23.1 Å². The Labute approximate surface area is 166 Å². The van der Waals surface area contributed by atoms with Crippen LogP contribution in [0.1, 0.15) is 10.5 Å². The van der Waals surface area contributed by atoms with E-state index in [0.29, 0.717) is 53.2 Å². The number of fused-ring (bicyclic) bond motifs is 1. The van der Waals surface area contributed by atoms with Gasteiger partial charge in [0, 0.05) is 14.1 Å². The SMILES string of the molecule is CNC(=O)c1nnc2c(c1Nc1cccc(-c3ncn(C)n3)c1OC)OCCN2. The highest BCUT2D eigenvalue weighted by molar-refractivity contribution is 6.01. The molecule has 1 aliphatic heterocycles. The van der Waals surface area contributed by atoms with Gasteiger partial charge in [-0.3, -0.25) is 9.48 Å². The Bertz CT molecular complexity index is 1070. The number of rotatable bonds is 5. The summed E-state index contributed by atoms with van der Waals surface area (Å²) in [6.45, 7) is 1.04. The molecule has 0 atom stereocenters. The zero-order valence-electron chi connectivity index (χ0n) is 16.2. The second kappa shape index (κ2) is 7.62. The van der Waals surface area contributed by atoms with Crippen molar-refractivity contribution in [2.75, 3.05) is 37.9 Å². The zero-order valence-corrected chi connectivity index (χ0v) is 16.2. The second-order valence-corrected chi connectivity index (χ2v) is 6.21. The number of aromatic nitrogens is 5. The van der Waals surface area contributed by atoms with E-state index in [9.17, 15) is 4.79 Å². The molecule has 3 N–H and O–H groups in total. The van der Waals surface area contributed by atoms with E-state index >= 15 is 0 Å². The number of anilines is 3. The van der Waals surface area contributed by atoms with Crippen LogP contribution >= 0.6 is 0 Å². The Morgan fingerprint density at radius 1 is 1.34 bits per heavy atom. The minimum absolute atomic E-state index is 0.110. The maximum absolute atomic E-state index is 12.4. The van der Waals surface area contributed by atoms with E-state index in [1.807, 2.05) is 18.2 Å². The molecule has 0 radical (unpaired) electrons. The van der Waals surface area contributed by atoms with Crippen molar-refractivity contribution in [1.82, 2.24) is 30.3 Å². The van der Waals surface area contributed by atoms with Crippen molar-refractivity contribution in [3.05, 3.63) is 30.2 Å². The number of carbonyl (C=O) groups excluding carboxylic acids is 1. The lowest BCUT2D eigenvalue weighted by Crippen LogP contribution is -2.25. The number of para-hydroxylation sites is 1. The van der Waals surface area contributed by atoms with Gasteiger partial charge in [-0.1, -0.05) is 6.07 Å². The van der Waals surface area contributed by atoms with Crippen LogP contribution in [0.4, 0.5) is 17.2 Å². The maximum Gasteiger partial charge on any atom is 0.273 e. The van der Waals surface area contributed by atoms with Crippen LogP contribution in [-0.4, -0.2) is 58.2 Å². The Kier molecular flexibility index (Phi) is 4.85. The van der Waals surface area contributed by atoms with Crippen LogP contribution in [-0.2, 0) is 7.05 Å².